The quantitative estimate of drug-likeness (QED) is 0.394. The average Bonchev–Trinajstić information content (AvgIpc) is 2.33. The summed E-state index contributed by atoms with van der Waals surface area (Å²) < 4.78 is 0. The second kappa shape index (κ2) is 3.64. The Bertz CT molecular complexity index is 370. The first-order valence-corrected chi connectivity index (χ1v) is 3.52. The first-order valence-electron chi connectivity index (χ1n) is 3.52. The summed E-state index contributed by atoms with van der Waals surface area (Å²) >= 11 is 0. The number of hydrogen-bond acceptors (Lipinski definition) is 2. The Hall–Kier alpha value is -0.596. The maximum Gasteiger partial charge on any atom is 0.0813 e. The van der Waals surface area contributed by atoms with Gasteiger partial charge in [0.1, 0.15) is 0 Å². The Morgan fingerprint density at radius 3 is 1.69 bits per heavy atom. The standard InChI is InChI=1S/C10H5O2.Y/c1-6-9(11)7-4-2-3-5-8(7)10(6)12;/h1-5H;/q-1;. The van der Waals surface area contributed by atoms with Gasteiger partial charge in [-0.05, 0) is 11.1 Å². The van der Waals surface area contributed by atoms with E-state index in [1.54, 1.807) is 24.3 Å². The number of benzene rings is 1. The maximum absolute atomic E-state index is 11.2. The van der Waals surface area contributed by atoms with Crippen molar-refractivity contribution < 1.29 is 42.3 Å². The van der Waals surface area contributed by atoms with Gasteiger partial charge in [0.25, 0.3) is 0 Å². The summed E-state index contributed by atoms with van der Waals surface area (Å²) in [6, 6.07) is 6.64. The van der Waals surface area contributed by atoms with Gasteiger partial charge in [-0.25, -0.2) is 6.58 Å². The van der Waals surface area contributed by atoms with Crippen LogP contribution in [0, 0.1) is 6.58 Å². The van der Waals surface area contributed by atoms with E-state index in [2.05, 4.69) is 0 Å². The zero-order valence-corrected chi connectivity index (χ0v) is 9.62. The summed E-state index contributed by atoms with van der Waals surface area (Å²) in [5.41, 5.74) is 0.663. The van der Waals surface area contributed by atoms with E-state index in [1.165, 1.54) is 0 Å². The Labute approximate surface area is 101 Å². The molecule has 1 aliphatic rings. The molecule has 0 amide bonds. The maximum atomic E-state index is 11.2. The molecule has 1 aromatic rings. The molecule has 1 aromatic carbocycles. The van der Waals surface area contributed by atoms with Crippen molar-refractivity contribution in [1.29, 1.82) is 0 Å². The molecule has 0 aliphatic heterocycles. The van der Waals surface area contributed by atoms with Crippen LogP contribution in [-0.4, -0.2) is 11.6 Å². The second-order valence-corrected chi connectivity index (χ2v) is 2.62. The fourth-order valence-corrected chi connectivity index (χ4v) is 1.27. The van der Waals surface area contributed by atoms with E-state index in [4.69, 9.17) is 6.58 Å². The summed E-state index contributed by atoms with van der Waals surface area (Å²) in [5.74, 6) is -0.703. The number of allylic oxidation sites excluding steroid dienone is 1. The number of rotatable bonds is 0. The summed E-state index contributed by atoms with van der Waals surface area (Å²) in [7, 11) is 0. The Kier molecular flexibility index (Phi) is 2.94. The number of carbonyl (C=O) groups is 2. The van der Waals surface area contributed by atoms with E-state index in [0.29, 0.717) is 11.1 Å². The van der Waals surface area contributed by atoms with Gasteiger partial charge in [0.05, 0.1) is 11.6 Å². The third-order valence-electron chi connectivity index (χ3n) is 1.91. The molecule has 2 rings (SSSR count). The molecule has 0 spiro atoms. The van der Waals surface area contributed by atoms with E-state index in [1.807, 2.05) is 0 Å². The van der Waals surface area contributed by atoms with Gasteiger partial charge in [-0.2, -0.15) is 0 Å². The summed E-state index contributed by atoms with van der Waals surface area (Å²) in [6.45, 7) is 5.29. The van der Waals surface area contributed by atoms with E-state index in [9.17, 15) is 9.59 Å². The zero-order chi connectivity index (χ0) is 8.72. The van der Waals surface area contributed by atoms with Gasteiger partial charge in [-0.15, -0.1) is 5.57 Å². The zero-order valence-electron chi connectivity index (χ0n) is 6.78. The van der Waals surface area contributed by atoms with Gasteiger partial charge in [0.2, 0.25) is 0 Å². The minimum atomic E-state index is -0.351. The molecule has 2 nitrogen and oxygen atoms in total. The summed E-state index contributed by atoms with van der Waals surface area (Å²) in [4.78, 5) is 22.4. The molecular weight excluding hydrogens is 241 g/mol. The first-order chi connectivity index (χ1) is 5.72. The van der Waals surface area contributed by atoms with Crippen molar-refractivity contribution >= 4 is 11.6 Å². The molecule has 0 bridgehead atoms. The van der Waals surface area contributed by atoms with Crippen LogP contribution in [0.25, 0.3) is 0 Å². The van der Waals surface area contributed by atoms with Crippen molar-refractivity contribution in [2.45, 2.75) is 0 Å². The first kappa shape index (κ1) is 10.5. The minimum absolute atomic E-state index is 0. The minimum Gasteiger partial charge on any atom is -0.365 e. The number of ketones is 2. The van der Waals surface area contributed by atoms with E-state index in [0.717, 1.165) is 0 Å². The molecule has 0 saturated carbocycles. The molecule has 0 heterocycles. The van der Waals surface area contributed by atoms with E-state index >= 15 is 0 Å². The molecular formula is C10H5O2Y-. The monoisotopic (exact) mass is 246 g/mol. The third kappa shape index (κ3) is 1.45. The fraction of sp³-hybridized carbons (Fsp3) is 0. The van der Waals surface area contributed by atoms with E-state index < -0.39 is 0 Å². The molecule has 0 fully saturated rings. The predicted octanol–water partition coefficient (Wildman–Crippen LogP) is 1.42. The van der Waals surface area contributed by atoms with Crippen LogP contribution < -0.4 is 0 Å². The van der Waals surface area contributed by atoms with Gasteiger partial charge >= 0.3 is 0 Å². The number of Topliss-reactive ketones (excluding diaryl/α,β-unsaturated/α-hetero) is 2. The second-order valence-electron chi connectivity index (χ2n) is 2.62. The summed E-state index contributed by atoms with van der Waals surface area (Å²) in [5, 5.41) is 0. The molecule has 13 heavy (non-hydrogen) atoms. The van der Waals surface area contributed by atoms with Crippen LogP contribution in [0.3, 0.4) is 0 Å². The number of hydrogen-bond donors (Lipinski definition) is 0. The molecule has 0 aromatic heterocycles. The molecule has 0 atom stereocenters. The Morgan fingerprint density at radius 1 is 0.923 bits per heavy atom. The van der Waals surface area contributed by atoms with Crippen LogP contribution in [0.5, 0.6) is 0 Å². The van der Waals surface area contributed by atoms with Crippen molar-refractivity contribution in [2.75, 3.05) is 0 Å². The molecule has 0 N–H and O–H groups in total. The van der Waals surface area contributed by atoms with Crippen molar-refractivity contribution in [3.8, 4) is 0 Å². The largest absolute Gasteiger partial charge is 0.365 e. The average molecular weight is 246 g/mol. The van der Waals surface area contributed by atoms with Gasteiger partial charge in [-0.1, -0.05) is 24.3 Å². The van der Waals surface area contributed by atoms with Crippen molar-refractivity contribution in [1.82, 2.24) is 0 Å². The van der Waals surface area contributed by atoms with Gasteiger partial charge < -0.3 is 9.59 Å². The van der Waals surface area contributed by atoms with Gasteiger partial charge in [-0.3, -0.25) is 0 Å². The topological polar surface area (TPSA) is 34.1 Å². The van der Waals surface area contributed by atoms with Gasteiger partial charge in [0.15, 0.2) is 0 Å². The van der Waals surface area contributed by atoms with Crippen LogP contribution in [0.2, 0.25) is 0 Å². The van der Waals surface area contributed by atoms with Crippen LogP contribution in [-0.2, 0) is 32.7 Å². The van der Waals surface area contributed by atoms with Crippen LogP contribution in [0.1, 0.15) is 20.7 Å². The molecule has 61 valence electrons. The number of carbonyl (C=O) groups excluding carboxylic acids is 2. The SMILES string of the molecule is [CH-]=C1C(=O)c2ccccc2C1=O.[Y]. The summed E-state index contributed by atoms with van der Waals surface area (Å²) in [6.07, 6.45) is 0. The smallest absolute Gasteiger partial charge is 0.0813 e. The molecule has 1 radical (unpaired) electrons. The van der Waals surface area contributed by atoms with Crippen molar-refractivity contribution in [2.24, 2.45) is 0 Å². The van der Waals surface area contributed by atoms with Crippen LogP contribution in [0.15, 0.2) is 29.8 Å². The Morgan fingerprint density at radius 2 is 1.31 bits per heavy atom. The molecule has 1 aliphatic carbocycles. The molecule has 0 saturated heterocycles. The predicted molar refractivity (Wildman–Crippen MR) is 42.9 cm³/mol. The van der Waals surface area contributed by atoms with E-state index in [-0.39, 0.29) is 49.8 Å². The Balaban J connectivity index is 0.000000845. The molecule has 0 unspecified atom stereocenters. The van der Waals surface area contributed by atoms with Gasteiger partial charge in [0, 0.05) is 32.7 Å². The van der Waals surface area contributed by atoms with Crippen molar-refractivity contribution in [3.05, 3.63) is 47.5 Å². The van der Waals surface area contributed by atoms with Crippen LogP contribution >= 0.6 is 0 Å². The van der Waals surface area contributed by atoms with Crippen LogP contribution in [0.4, 0.5) is 0 Å². The molecule has 3 heteroatoms. The third-order valence-corrected chi connectivity index (χ3v) is 1.91. The fourth-order valence-electron chi connectivity index (χ4n) is 1.27. The van der Waals surface area contributed by atoms with Crippen molar-refractivity contribution in [3.63, 3.8) is 0 Å². The normalized spacial score (nSPS) is 14.0. The number of fused-ring (bicyclic) bond motifs is 1.